The van der Waals surface area contributed by atoms with Crippen molar-refractivity contribution in [2.24, 2.45) is 0 Å². The third kappa shape index (κ3) is 72.5. The van der Waals surface area contributed by atoms with E-state index in [0.29, 0.717) is 19.3 Å². The Hall–Kier alpha value is -4.57. The first-order valence-corrected chi connectivity index (χ1v) is 40.1. The van der Waals surface area contributed by atoms with E-state index in [1.54, 1.807) is 0 Å². The summed E-state index contributed by atoms with van der Waals surface area (Å²) in [4.78, 5) is 58.6. The number of ether oxygens (including phenoxy) is 3. The van der Waals surface area contributed by atoms with Crippen molar-refractivity contribution >= 4 is 33.6 Å². The maximum Gasteiger partial charge on any atom is 0.472 e. The Morgan fingerprint density at radius 3 is 0.866 bits per heavy atom. The number of aliphatic hydroxyl groups is 2. The second-order valence-corrected chi connectivity index (χ2v) is 27.2. The third-order valence-electron chi connectivity index (χ3n) is 15.0. The van der Waals surface area contributed by atoms with Gasteiger partial charge in [0.05, 0.1) is 26.4 Å². The highest BCUT2D eigenvalue weighted by Gasteiger charge is 2.29. The average molecular weight is 1400 g/mol. The number of unbranched alkanes of at least 4 members (excludes halogenated alkanes) is 22. The number of aliphatic hydroxyl groups excluding tert-OH is 2. The number of hydrogen-bond donors (Lipinski definition) is 4. The summed E-state index contributed by atoms with van der Waals surface area (Å²) in [6.07, 6.45) is 86.0. The molecule has 0 aliphatic rings. The molecular weight excluding hydrogens is 1270 g/mol. The highest BCUT2D eigenvalue weighted by atomic mass is 31.2. The Bertz CT molecular complexity index is 2350. The van der Waals surface area contributed by atoms with E-state index in [1.807, 2.05) is 0 Å². The first kappa shape index (κ1) is 92.4. The Labute approximate surface area is 587 Å². The largest absolute Gasteiger partial charge is 0.472 e. The summed E-state index contributed by atoms with van der Waals surface area (Å²) in [5.74, 6) is -1.63. The molecule has 0 saturated carbocycles. The van der Waals surface area contributed by atoms with Crippen molar-refractivity contribution in [3.8, 4) is 0 Å². The maximum absolute atomic E-state index is 13.0. The standard InChI is InChI=1S/C79H132O16P2/c1-4-7-10-13-16-19-22-25-28-31-33-34-35-36-37-38-40-43-44-47-50-53-56-59-62-65-77(82)89-68-74(80)69-91-96(85,86)92-70-75(81)71-93-97(87,88)94-73-76(95-79(84)67-64-61-58-55-52-49-46-41-30-27-24-21-18-15-12-9-6-3)72-90-78(83)66-63-60-57-54-51-48-45-42-39-32-29-26-23-20-17-14-11-8-5-2/h7,9-10,12,16-21,25-30,33-34,36-37,39,42,46,49,74-76,80-81H,4-6,8,11,13-15,22-24,31-32,35,38,40-41,43-45,47-48,50-73H2,1-3H3,(H,85,86)(H,87,88)/b10-7-,12-9-,19-16-,20-17-,21-18-,28-25-,29-26-,30-27-,34-33-,37-36-,42-39-,49-46-. The summed E-state index contributed by atoms with van der Waals surface area (Å²) in [5.41, 5.74) is 0. The molecule has 18 heteroatoms. The van der Waals surface area contributed by atoms with Gasteiger partial charge in [0.15, 0.2) is 6.10 Å². The smallest absolute Gasteiger partial charge is 0.463 e. The zero-order valence-electron chi connectivity index (χ0n) is 60.2. The summed E-state index contributed by atoms with van der Waals surface area (Å²) in [7, 11) is -9.81. The summed E-state index contributed by atoms with van der Waals surface area (Å²) in [6.45, 7) is 2.36. The molecule has 0 aliphatic heterocycles. The molecule has 0 radical (unpaired) electrons. The molecular formula is C79H132O16P2. The molecule has 4 N–H and O–H groups in total. The van der Waals surface area contributed by atoms with E-state index < -0.39 is 91.5 Å². The fourth-order valence-electron chi connectivity index (χ4n) is 9.42. The molecule has 0 fully saturated rings. The van der Waals surface area contributed by atoms with Gasteiger partial charge in [-0.3, -0.25) is 32.5 Å². The Balaban J connectivity index is 4.66. The van der Waals surface area contributed by atoms with Gasteiger partial charge >= 0.3 is 33.6 Å². The van der Waals surface area contributed by atoms with E-state index in [0.717, 1.165) is 173 Å². The average Bonchev–Trinajstić information content (AvgIpc) is 2.50. The van der Waals surface area contributed by atoms with Gasteiger partial charge in [0.1, 0.15) is 25.4 Å². The second-order valence-electron chi connectivity index (χ2n) is 24.3. The molecule has 0 heterocycles. The van der Waals surface area contributed by atoms with Gasteiger partial charge in [0, 0.05) is 19.3 Å². The number of phosphoric ester groups is 2. The van der Waals surface area contributed by atoms with Gasteiger partial charge in [0.2, 0.25) is 0 Å². The molecule has 554 valence electrons. The fraction of sp³-hybridized carbons (Fsp3) is 0.658. The molecule has 0 spiro atoms. The molecule has 0 rings (SSSR count). The highest BCUT2D eigenvalue weighted by Crippen LogP contribution is 2.45. The van der Waals surface area contributed by atoms with E-state index in [1.165, 1.54) is 44.9 Å². The fourth-order valence-corrected chi connectivity index (χ4v) is 11.0. The lowest BCUT2D eigenvalue weighted by Crippen LogP contribution is -2.30. The zero-order chi connectivity index (χ0) is 70.9. The minimum atomic E-state index is -4.94. The summed E-state index contributed by atoms with van der Waals surface area (Å²) < 4.78 is 61.0. The van der Waals surface area contributed by atoms with Crippen LogP contribution in [0.3, 0.4) is 0 Å². The van der Waals surface area contributed by atoms with Gasteiger partial charge in [-0.2, -0.15) is 0 Å². The van der Waals surface area contributed by atoms with E-state index in [9.17, 15) is 43.5 Å². The van der Waals surface area contributed by atoms with Crippen LogP contribution in [0.25, 0.3) is 0 Å². The van der Waals surface area contributed by atoms with E-state index in [-0.39, 0.29) is 19.3 Å². The summed E-state index contributed by atoms with van der Waals surface area (Å²) in [5, 5.41) is 20.6. The van der Waals surface area contributed by atoms with Crippen LogP contribution in [0.1, 0.15) is 278 Å². The van der Waals surface area contributed by atoms with Gasteiger partial charge in [0.25, 0.3) is 0 Å². The van der Waals surface area contributed by atoms with E-state index in [4.69, 9.17) is 32.3 Å². The van der Waals surface area contributed by atoms with Gasteiger partial charge < -0.3 is 34.2 Å². The Kier molecular flexibility index (Phi) is 67.9. The number of phosphoric acid groups is 2. The lowest BCUT2D eigenvalue weighted by molar-refractivity contribution is -0.161. The summed E-state index contributed by atoms with van der Waals surface area (Å²) in [6, 6.07) is 0. The van der Waals surface area contributed by atoms with Crippen LogP contribution in [-0.2, 0) is 55.8 Å². The molecule has 16 nitrogen and oxygen atoms in total. The molecule has 0 bridgehead atoms. The van der Waals surface area contributed by atoms with Crippen LogP contribution < -0.4 is 0 Å². The number of rotatable bonds is 69. The van der Waals surface area contributed by atoms with Gasteiger partial charge in [-0.25, -0.2) is 9.13 Å². The Morgan fingerprint density at radius 1 is 0.299 bits per heavy atom. The molecule has 5 unspecified atom stereocenters. The number of carbonyl (C=O) groups is 3. The minimum Gasteiger partial charge on any atom is -0.463 e. The van der Waals surface area contributed by atoms with Crippen LogP contribution in [0.2, 0.25) is 0 Å². The lowest BCUT2D eigenvalue weighted by atomic mass is 10.1. The molecule has 5 atom stereocenters. The van der Waals surface area contributed by atoms with Crippen molar-refractivity contribution < 1.29 is 75.8 Å². The molecule has 0 saturated heterocycles. The molecule has 0 aromatic rings. The normalized spacial score (nSPS) is 14.9. The highest BCUT2D eigenvalue weighted by molar-refractivity contribution is 7.47. The van der Waals surface area contributed by atoms with Crippen molar-refractivity contribution in [1.29, 1.82) is 0 Å². The van der Waals surface area contributed by atoms with Crippen molar-refractivity contribution in [1.82, 2.24) is 0 Å². The number of allylic oxidation sites excluding steroid dienone is 24. The molecule has 0 amide bonds. The Morgan fingerprint density at radius 2 is 0.546 bits per heavy atom. The maximum atomic E-state index is 13.0. The first-order chi connectivity index (χ1) is 47.2. The molecule has 97 heavy (non-hydrogen) atoms. The monoisotopic (exact) mass is 1400 g/mol. The molecule has 0 aliphatic carbocycles. The number of esters is 3. The molecule has 0 aromatic heterocycles. The molecule has 0 aromatic carbocycles. The second kappa shape index (κ2) is 71.3. The van der Waals surface area contributed by atoms with Crippen molar-refractivity contribution in [3.63, 3.8) is 0 Å². The van der Waals surface area contributed by atoms with Crippen LogP contribution >= 0.6 is 15.6 Å². The predicted molar refractivity (Wildman–Crippen MR) is 399 cm³/mol. The van der Waals surface area contributed by atoms with Crippen LogP contribution in [0.4, 0.5) is 0 Å². The first-order valence-electron chi connectivity index (χ1n) is 37.1. The predicted octanol–water partition coefficient (Wildman–Crippen LogP) is 21.3. The van der Waals surface area contributed by atoms with E-state index in [2.05, 4.69) is 167 Å². The van der Waals surface area contributed by atoms with Crippen molar-refractivity contribution in [2.75, 3.05) is 39.6 Å². The number of carbonyl (C=O) groups excluding carboxylic acids is 3. The SMILES string of the molecule is CC/C=C\C/C=C\C/C=C\C/C=C\C/C=C\CCCCCCCCCCCC(=O)OCC(O)COP(=O)(O)OCC(O)COP(=O)(O)OCC(COC(=O)CCCCCCCC/C=C\C/C=C\C/C=C\CCCCC)OC(=O)CCCCCC/C=C\C/C=C\C/C=C\C/C=C\CC. The minimum absolute atomic E-state index is 0.0692. The van der Waals surface area contributed by atoms with Crippen LogP contribution in [0.5, 0.6) is 0 Å². The van der Waals surface area contributed by atoms with Crippen LogP contribution in [0, 0.1) is 0 Å². The van der Waals surface area contributed by atoms with Gasteiger partial charge in [-0.05, 0) is 141 Å². The van der Waals surface area contributed by atoms with Crippen molar-refractivity contribution in [3.05, 3.63) is 146 Å². The summed E-state index contributed by atoms with van der Waals surface area (Å²) >= 11 is 0. The van der Waals surface area contributed by atoms with Crippen LogP contribution in [-0.4, -0.2) is 95.9 Å². The van der Waals surface area contributed by atoms with Crippen molar-refractivity contribution in [2.45, 2.75) is 296 Å². The van der Waals surface area contributed by atoms with E-state index >= 15 is 0 Å². The third-order valence-corrected chi connectivity index (χ3v) is 16.9. The van der Waals surface area contributed by atoms with Crippen LogP contribution in [0.15, 0.2) is 146 Å². The number of hydrogen-bond acceptors (Lipinski definition) is 14. The quantitative estimate of drug-likeness (QED) is 0.0146. The topological polar surface area (TPSA) is 231 Å². The lowest BCUT2D eigenvalue weighted by Gasteiger charge is -2.21. The zero-order valence-corrected chi connectivity index (χ0v) is 62.0. The van der Waals surface area contributed by atoms with Gasteiger partial charge in [-0.1, -0.05) is 263 Å². The van der Waals surface area contributed by atoms with Gasteiger partial charge in [-0.15, -0.1) is 0 Å².